The summed E-state index contributed by atoms with van der Waals surface area (Å²) >= 11 is 0. The lowest BCUT2D eigenvalue weighted by molar-refractivity contribution is -0.182. The number of nitrogens with zero attached hydrogens (tertiary/aromatic N) is 7. The van der Waals surface area contributed by atoms with E-state index in [0.29, 0.717) is 39.9 Å². The highest BCUT2D eigenvalue weighted by Gasteiger charge is 2.66. The molecule has 1 atom stereocenters. The Labute approximate surface area is 251 Å². The number of anilines is 2. The molecule has 9 nitrogen and oxygen atoms in total. The molecule has 3 aromatic heterocycles. The van der Waals surface area contributed by atoms with Crippen molar-refractivity contribution in [2.24, 2.45) is 5.41 Å². The first kappa shape index (κ1) is 28.9. The molecule has 2 aromatic carbocycles. The Kier molecular flexibility index (Phi) is 6.88. The summed E-state index contributed by atoms with van der Waals surface area (Å²) in [4.78, 5) is 8.80. The van der Waals surface area contributed by atoms with E-state index in [2.05, 4.69) is 63.8 Å². The van der Waals surface area contributed by atoms with Crippen LogP contribution in [0.4, 0.5) is 24.5 Å². The number of aromatic nitrogens is 5. The molecule has 1 fully saturated rings. The molecular formula is C32H28F3N9. The Morgan fingerprint density at radius 1 is 1.00 bits per heavy atom. The fraction of sp³-hybridized carbons (Fsp3) is 0.312. The Morgan fingerprint density at radius 2 is 1.75 bits per heavy atom. The van der Waals surface area contributed by atoms with E-state index in [1.165, 1.54) is 12.4 Å². The molecule has 0 spiro atoms. The smallest absolute Gasteiger partial charge is 0.383 e. The molecule has 5 aromatic rings. The van der Waals surface area contributed by atoms with Crippen LogP contribution in [0.5, 0.6) is 0 Å². The molecule has 0 radical (unpaired) electrons. The maximum Gasteiger partial charge on any atom is 0.413 e. The average Bonchev–Trinajstić information content (AvgIpc) is 3.68. The van der Waals surface area contributed by atoms with Gasteiger partial charge in [0, 0.05) is 47.2 Å². The second-order valence-electron chi connectivity index (χ2n) is 12.2. The number of nitriles is 2. The van der Waals surface area contributed by atoms with Gasteiger partial charge in [0.25, 0.3) is 0 Å². The van der Waals surface area contributed by atoms with Gasteiger partial charge >= 0.3 is 6.18 Å². The maximum atomic E-state index is 14.0. The maximum absolute atomic E-state index is 14.0. The van der Waals surface area contributed by atoms with Crippen molar-refractivity contribution in [1.82, 2.24) is 25.0 Å². The topological polar surface area (TPSA) is 128 Å². The number of rotatable bonds is 7. The molecular weight excluding hydrogens is 567 g/mol. The summed E-state index contributed by atoms with van der Waals surface area (Å²) in [6.07, 6.45) is 1.53. The molecule has 2 N–H and O–H groups in total. The zero-order valence-electron chi connectivity index (χ0n) is 24.2. The first-order chi connectivity index (χ1) is 20.9. The molecule has 12 heteroatoms. The molecule has 3 heterocycles. The van der Waals surface area contributed by atoms with Gasteiger partial charge in [-0.15, -0.1) is 5.10 Å². The summed E-state index contributed by atoms with van der Waals surface area (Å²) in [5, 5.41) is 37.1. The number of halogens is 3. The summed E-state index contributed by atoms with van der Waals surface area (Å²) in [6.45, 7) is 6.73. The molecule has 1 aliphatic rings. The molecule has 1 saturated carbocycles. The van der Waals surface area contributed by atoms with Crippen molar-refractivity contribution in [3.63, 3.8) is 0 Å². The first-order valence-electron chi connectivity index (χ1n) is 14.0. The summed E-state index contributed by atoms with van der Waals surface area (Å²) < 4.78 is 42.8. The van der Waals surface area contributed by atoms with Gasteiger partial charge in [0.2, 0.25) is 0 Å². The van der Waals surface area contributed by atoms with Gasteiger partial charge in [-0.1, -0.05) is 50.3 Å². The van der Waals surface area contributed by atoms with Gasteiger partial charge in [0.15, 0.2) is 5.54 Å². The van der Waals surface area contributed by atoms with E-state index in [0.717, 1.165) is 15.5 Å². The fourth-order valence-corrected chi connectivity index (χ4v) is 5.33. The van der Waals surface area contributed by atoms with Crippen LogP contribution in [-0.4, -0.2) is 37.7 Å². The highest BCUT2D eigenvalue weighted by molar-refractivity contribution is 5.99. The van der Waals surface area contributed by atoms with Gasteiger partial charge in [0.05, 0.1) is 34.6 Å². The zero-order valence-corrected chi connectivity index (χ0v) is 24.2. The lowest BCUT2D eigenvalue weighted by Gasteiger charge is -2.23. The summed E-state index contributed by atoms with van der Waals surface area (Å²) in [6, 6.07) is 14.5. The minimum Gasteiger partial charge on any atom is -0.383 e. The second-order valence-corrected chi connectivity index (χ2v) is 12.2. The molecule has 0 aliphatic heterocycles. The van der Waals surface area contributed by atoms with Crippen LogP contribution < -0.4 is 10.6 Å². The van der Waals surface area contributed by atoms with Crippen LogP contribution in [0.2, 0.25) is 0 Å². The largest absolute Gasteiger partial charge is 0.413 e. The zero-order chi connectivity index (χ0) is 31.3. The van der Waals surface area contributed by atoms with Crippen molar-refractivity contribution in [1.29, 1.82) is 10.5 Å². The number of fused-ring (bicyclic) bond motifs is 2. The van der Waals surface area contributed by atoms with Crippen LogP contribution in [0, 0.1) is 28.1 Å². The molecule has 1 aliphatic carbocycles. The summed E-state index contributed by atoms with van der Waals surface area (Å²) in [5.41, 5.74) is 0.782. The second kappa shape index (κ2) is 10.5. The molecule has 0 amide bonds. The third-order valence-electron chi connectivity index (χ3n) is 7.83. The van der Waals surface area contributed by atoms with Gasteiger partial charge < -0.3 is 10.6 Å². The highest BCUT2D eigenvalue weighted by Crippen LogP contribution is 2.55. The van der Waals surface area contributed by atoms with Crippen LogP contribution in [0.3, 0.4) is 0 Å². The molecule has 0 bridgehead atoms. The van der Waals surface area contributed by atoms with E-state index in [9.17, 15) is 23.7 Å². The average molecular weight is 596 g/mol. The minimum atomic E-state index is -4.47. The Morgan fingerprint density at radius 3 is 2.43 bits per heavy atom. The van der Waals surface area contributed by atoms with Crippen LogP contribution >= 0.6 is 0 Å². The molecule has 1 unspecified atom stereocenters. The lowest BCUT2D eigenvalue weighted by atomic mass is 9.96. The van der Waals surface area contributed by atoms with E-state index in [-0.39, 0.29) is 29.5 Å². The van der Waals surface area contributed by atoms with E-state index in [1.807, 2.05) is 24.3 Å². The summed E-state index contributed by atoms with van der Waals surface area (Å²) in [7, 11) is 0. The number of nitrogens with one attached hydrogen (secondary N) is 2. The van der Waals surface area contributed by atoms with Crippen molar-refractivity contribution in [2.75, 3.05) is 17.2 Å². The number of hydrogen-bond donors (Lipinski definition) is 2. The molecule has 44 heavy (non-hydrogen) atoms. The van der Waals surface area contributed by atoms with Gasteiger partial charge in [-0.25, -0.2) is 4.68 Å². The third-order valence-corrected chi connectivity index (χ3v) is 7.83. The van der Waals surface area contributed by atoms with Crippen LogP contribution in [0.15, 0.2) is 61.2 Å². The quantitative estimate of drug-likeness (QED) is 0.210. The van der Waals surface area contributed by atoms with Gasteiger partial charge in [-0.2, -0.15) is 23.7 Å². The normalized spacial score (nSPS) is 15.0. The predicted octanol–water partition coefficient (Wildman–Crippen LogP) is 6.83. The standard InChI is InChI=1S/C32H28F3N9/c1-30(2,3)18-40-28-21(13-37)15-39-27-20(12-36)10-22(11-24(27)28)41-29(25-16-38-14-19-6-4-5-7-23(19)25)26-17-44(43-42-26)31(8-9-31)32(33,34)35/h4-7,10-11,14-17,29,41H,8-9,18H2,1-3H3,(H,39,40). The third kappa shape index (κ3) is 5.13. The first-order valence-corrected chi connectivity index (χ1v) is 14.0. The van der Waals surface area contributed by atoms with Crippen molar-refractivity contribution in [3.8, 4) is 12.1 Å². The van der Waals surface area contributed by atoms with Crippen LogP contribution in [0.25, 0.3) is 21.7 Å². The van der Waals surface area contributed by atoms with E-state index < -0.39 is 17.8 Å². The van der Waals surface area contributed by atoms with Crippen LogP contribution in [0.1, 0.15) is 62.0 Å². The Hall–Kier alpha value is -5.23. The number of pyridine rings is 2. The van der Waals surface area contributed by atoms with E-state index >= 15 is 0 Å². The van der Waals surface area contributed by atoms with Gasteiger partial charge in [-0.3, -0.25) is 9.97 Å². The van der Waals surface area contributed by atoms with Crippen molar-refractivity contribution in [2.45, 2.75) is 51.4 Å². The minimum absolute atomic E-state index is 0.0675. The molecule has 0 saturated heterocycles. The molecule has 6 rings (SSSR count). The monoisotopic (exact) mass is 595 g/mol. The van der Waals surface area contributed by atoms with Gasteiger partial charge in [0.1, 0.15) is 17.8 Å². The number of alkyl halides is 3. The number of hydrogen-bond acceptors (Lipinski definition) is 8. The Bertz CT molecular complexity index is 1970. The van der Waals surface area contributed by atoms with Gasteiger partial charge in [-0.05, 0) is 35.8 Å². The predicted molar refractivity (Wildman–Crippen MR) is 160 cm³/mol. The summed E-state index contributed by atoms with van der Waals surface area (Å²) in [5.74, 6) is 0. The molecule has 222 valence electrons. The van der Waals surface area contributed by atoms with Crippen molar-refractivity contribution in [3.05, 3.63) is 83.6 Å². The number of benzene rings is 2. The fourth-order valence-electron chi connectivity index (χ4n) is 5.33. The van der Waals surface area contributed by atoms with Crippen molar-refractivity contribution < 1.29 is 13.2 Å². The lowest BCUT2D eigenvalue weighted by Crippen LogP contribution is -2.35. The van der Waals surface area contributed by atoms with Crippen LogP contribution in [-0.2, 0) is 5.54 Å². The highest BCUT2D eigenvalue weighted by atomic mass is 19.4. The van der Waals surface area contributed by atoms with E-state index in [1.54, 1.807) is 24.5 Å². The Balaban J connectivity index is 1.51. The van der Waals surface area contributed by atoms with Crippen molar-refractivity contribution >= 4 is 33.1 Å². The SMILES string of the molecule is CC(C)(C)CNc1c(C#N)cnc2c(C#N)cc(NC(c3cn(C4(C(F)(F)F)CC4)nn3)c3cncc4ccccc34)cc12. The van der Waals surface area contributed by atoms with E-state index in [4.69, 9.17) is 0 Å².